The van der Waals surface area contributed by atoms with Crippen molar-refractivity contribution in [3.8, 4) is 0 Å². The van der Waals surface area contributed by atoms with E-state index in [0.717, 1.165) is 33.1 Å². The molecular weight excluding hydrogens is 457 g/mol. The fourth-order valence-corrected chi connectivity index (χ4v) is 3.71. The van der Waals surface area contributed by atoms with Crippen LogP contribution in [0, 0.1) is 0 Å². The Hall–Kier alpha value is -3.17. The fourth-order valence-electron chi connectivity index (χ4n) is 3.71. The molecule has 1 aromatic heterocycles. The van der Waals surface area contributed by atoms with Crippen LogP contribution >= 0.6 is 0 Å². The van der Waals surface area contributed by atoms with E-state index in [9.17, 15) is 14.7 Å². The summed E-state index contributed by atoms with van der Waals surface area (Å²) in [6, 6.07) is 20.2. The zero-order valence-corrected chi connectivity index (χ0v) is 21.6. The molecule has 35 heavy (non-hydrogen) atoms. The minimum absolute atomic E-state index is 0. The number of fused-ring (bicyclic) bond motifs is 2. The number of rotatable bonds is 10. The Labute approximate surface area is 224 Å². The Bertz CT molecular complexity index is 1310. The van der Waals surface area contributed by atoms with Crippen molar-refractivity contribution in [2.45, 2.75) is 26.0 Å². The van der Waals surface area contributed by atoms with Gasteiger partial charge in [0.1, 0.15) is 0 Å². The molecule has 1 heterocycles. The molecule has 9 heteroatoms. The van der Waals surface area contributed by atoms with Crippen LogP contribution in [-0.4, -0.2) is 34.7 Å². The van der Waals surface area contributed by atoms with Gasteiger partial charge in [0.05, 0.1) is 48.4 Å². The van der Waals surface area contributed by atoms with Crippen LogP contribution in [0.5, 0.6) is 0 Å². The van der Waals surface area contributed by atoms with Crippen molar-refractivity contribution in [2.24, 2.45) is 0 Å². The van der Waals surface area contributed by atoms with Gasteiger partial charge in [-0.3, -0.25) is 4.79 Å². The van der Waals surface area contributed by atoms with E-state index >= 15 is 0 Å². The zero-order valence-electron chi connectivity index (χ0n) is 19.6. The fraction of sp³-hybridized carbons (Fsp3) is 0.192. The third-order valence-corrected chi connectivity index (χ3v) is 5.32. The van der Waals surface area contributed by atoms with Gasteiger partial charge in [0.25, 0.3) is 0 Å². The molecule has 0 spiro atoms. The topological polar surface area (TPSA) is 124 Å². The van der Waals surface area contributed by atoms with E-state index in [4.69, 9.17) is 14.8 Å². The first-order chi connectivity index (χ1) is 16.4. The van der Waals surface area contributed by atoms with Gasteiger partial charge in [-0.25, -0.2) is 4.98 Å². The van der Waals surface area contributed by atoms with Gasteiger partial charge in [-0.15, -0.1) is 0 Å². The number of carbonyl (C=O) groups excluding carboxylic acids is 1. The molecule has 0 fully saturated rings. The van der Waals surface area contributed by atoms with Crippen molar-refractivity contribution in [1.29, 1.82) is 0 Å². The zero-order chi connectivity index (χ0) is 24.1. The van der Waals surface area contributed by atoms with E-state index in [-0.39, 0.29) is 49.2 Å². The van der Waals surface area contributed by atoms with E-state index in [1.54, 1.807) is 6.07 Å². The number of hydrogen-bond donors (Lipinski definition) is 3. The quantitative estimate of drug-likeness (QED) is 0.172. The van der Waals surface area contributed by atoms with E-state index in [2.05, 4.69) is 10.6 Å². The average Bonchev–Trinajstić information content (AvgIpc) is 2.81. The molecule has 174 valence electrons. The molecule has 1 unspecified atom stereocenters. The molecule has 0 aliphatic carbocycles. The summed E-state index contributed by atoms with van der Waals surface area (Å²) < 4.78 is 5.51. The maximum atomic E-state index is 11.3. The molecule has 0 aliphatic rings. The van der Waals surface area contributed by atoms with Crippen LogP contribution in [0.25, 0.3) is 21.8 Å². The van der Waals surface area contributed by atoms with Crippen LogP contribution < -0.4 is 45.3 Å². The number of carbonyl (C=O) groups is 2. The first-order valence-corrected chi connectivity index (χ1v) is 10.9. The number of anilines is 3. The van der Waals surface area contributed by atoms with Crippen LogP contribution in [0.3, 0.4) is 0 Å². The number of benzene rings is 3. The van der Waals surface area contributed by atoms with Gasteiger partial charge >= 0.3 is 35.5 Å². The average molecular weight is 481 g/mol. The third kappa shape index (κ3) is 6.70. The predicted molar refractivity (Wildman–Crippen MR) is 129 cm³/mol. The molecule has 0 aliphatic heterocycles. The second-order valence-corrected chi connectivity index (χ2v) is 7.95. The van der Waals surface area contributed by atoms with Crippen molar-refractivity contribution in [2.75, 3.05) is 17.2 Å². The number of pyridine rings is 1. The maximum absolute atomic E-state index is 11.3. The smallest absolute Gasteiger partial charge is 0.548 e. The molecule has 0 saturated carbocycles. The molecule has 3 aromatic carbocycles. The van der Waals surface area contributed by atoms with Gasteiger partial charge in [0.2, 0.25) is 0 Å². The van der Waals surface area contributed by atoms with Crippen molar-refractivity contribution in [3.05, 3.63) is 72.3 Å². The van der Waals surface area contributed by atoms with Gasteiger partial charge in [0, 0.05) is 22.1 Å². The van der Waals surface area contributed by atoms with Gasteiger partial charge in [-0.2, -0.15) is 0 Å². The Morgan fingerprint density at radius 1 is 1.00 bits per heavy atom. The summed E-state index contributed by atoms with van der Waals surface area (Å²) in [5, 5.41) is 28.4. The van der Waals surface area contributed by atoms with Crippen LogP contribution in [0.15, 0.2) is 66.7 Å². The van der Waals surface area contributed by atoms with Gasteiger partial charge in [0.15, 0.2) is 0 Å². The number of carboxylic acids is 2. The standard InChI is InChI=1S/C26H25N3O5.Na/c1-16(26(32)33)27-18-12-17(15-34-11-10-24(30)31)13-19(14-18)28-25-20-6-2-4-8-22(20)29-23-9-5-3-7-21(23)25;/h2-9,12-14,16,27H,10-11,15H2,1H3,(H,28,29)(H,30,31)(H,32,33);/q;+1/p-1. The summed E-state index contributed by atoms with van der Waals surface area (Å²) in [4.78, 5) is 26.8. The summed E-state index contributed by atoms with van der Waals surface area (Å²) in [5.74, 6) is -2.15. The number of aliphatic carboxylic acids is 2. The van der Waals surface area contributed by atoms with Crippen LogP contribution in [-0.2, 0) is 20.9 Å². The van der Waals surface area contributed by atoms with Crippen molar-refractivity contribution in [3.63, 3.8) is 0 Å². The molecule has 8 nitrogen and oxygen atoms in total. The Balaban J connectivity index is 0.00000342. The monoisotopic (exact) mass is 481 g/mol. The number of para-hydroxylation sites is 2. The second kappa shape index (κ2) is 12.0. The molecule has 4 rings (SSSR count). The normalized spacial score (nSPS) is 11.6. The predicted octanol–water partition coefficient (Wildman–Crippen LogP) is 0.677. The van der Waals surface area contributed by atoms with Crippen molar-refractivity contribution in [1.82, 2.24) is 4.98 Å². The molecular formula is C26H24N3NaO5. The minimum atomic E-state index is -1.22. The molecule has 3 N–H and O–H groups in total. The Morgan fingerprint density at radius 2 is 1.60 bits per heavy atom. The summed E-state index contributed by atoms with van der Waals surface area (Å²) >= 11 is 0. The minimum Gasteiger partial charge on any atom is -0.548 e. The van der Waals surface area contributed by atoms with Gasteiger partial charge < -0.3 is 30.4 Å². The van der Waals surface area contributed by atoms with Gasteiger partial charge in [-0.05, 0) is 42.8 Å². The van der Waals surface area contributed by atoms with Crippen molar-refractivity contribution >= 4 is 50.8 Å². The summed E-state index contributed by atoms with van der Waals surface area (Å²) in [6.45, 7) is 1.75. The van der Waals surface area contributed by atoms with E-state index < -0.39 is 18.0 Å². The number of hydrogen-bond acceptors (Lipinski definition) is 7. The Kier molecular flexibility index (Phi) is 9.06. The number of ether oxygens (including phenoxy) is 1. The van der Waals surface area contributed by atoms with Gasteiger partial charge in [-0.1, -0.05) is 36.4 Å². The number of nitrogens with zero attached hydrogens (tertiary/aromatic N) is 1. The number of nitrogens with one attached hydrogen (secondary N) is 2. The third-order valence-electron chi connectivity index (χ3n) is 5.32. The molecule has 0 bridgehead atoms. The van der Waals surface area contributed by atoms with Crippen molar-refractivity contribution < 1.29 is 54.1 Å². The molecule has 1 atom stereocenters. The molecule has 0 saturated heterocycles. The maximum Gasteiger partial charge on any atom is 1.00 e. The van der Waals surface area contributed by atoms with E-state index in [1.165, 1.54) is 6.92 Å². The summed E-state index contributed by atoms with van der Waals surface area (Å²) in [5.41, 5.74) is 4.62. The van der Waals surface area contributed by atoms with Crippen LogP contribution in [0.4, 0.5) is 17.1 Å². The van der Waals surface area contributed by atoms with E-state index in [1.807, 2.05) is 60.7 Å². The number of carboxylic acid groups (broad SMARTS) is 2. The van der Waals surface area contributed by atoms with Crippen LogP contribution in [0.1, 0.15) is 18.9 Å². The SMILES string of the molecule is CC(Nc1cc(COCCC(=O)O)cc(Nc2c3ccccc3nc3ccccc23)c1)C(=O)[O-].[Na+]. The largest absolute Gasteiger partial charge is 1.00 e. The second-order valence-electron chi connectivity index (χ2n) is 7.95. The summed E-state index contributed by atoms with van der Waals surface area (Å²) in [7, 11) is 0. The first kappa shape index (κ1) is 26.4. The molecule has 0 amide bonds. The molecule has 4 aromatic rings. The number of aromatic nitrogens is 1. The van der Waals surface area contributed by atoms with Crippen LogP contribution in [0.2, 0.25) is 0 Å². The Morgan fingerprint density at radius 3 is 2.20 bits per heavy atom. The molecule has 0 radical (unpaired) electrons. The summed E-state index contributed by atoms with van der Waals surface area (Å²) in [6.07, 6.45) is -0.0975. The first-order valence-electron chi connectivity index (χ1n) is 10.9. The van der Waals surface area contributed by atoms with E-state index in [0.29, 0.717) is 11.4 Å².